The minimum atomic E-state index is -1.12. The van der Waals surface area contributed by atoms with Gasteiger partial charge in [0.15, 0.2) is 0 Å². The van der Waals surface area contributed by atoms with Gasteiger partial charge in [-0.3, -0.25) is 0 Å². The molecular formula is C15H27N3O3. The van der Waals surface area contributed by atoms with E-state index < -0.39 is 17.5 Å². The lowest BCUT2D eigenvalue weighted by molar-refractivity contribution is -0.146. The molecule has 0 aromatic rings. The fourth-order valence-electron chi connectivity index (χ4n) is 3.67. The van der Waals surface area contributed by atoms with Gasteiger partial charge in [0.1, 0.15) is 5.54 Å². The van der Waals surface area contributed by atoms with Crippen LogP contribution >= 0.6 is 0 Å². The summed E-state index contributed by atoms with van der Waals surface area (Å²) in [6.07, 6.45) is 6.76. The van der Waals surface area contributed by atoms with E-state index >= 15 is 0 Å². The summed E-state index contributed by atoms with van der Waals surface area (Å²) in [6.45, 7) is 2.04. The van der Waals surface area contributed by atoms with Crippen LogP contribution in [0.4, 0.5) is 4.79 Å². The van der Waals surface area contributed by atoms with Crippen LogP contribution in [-0.2, 0) is 4.79 Å². The SMILES string of the molecule is CC1CCCC(NC(=O)NC2CCCCC2N)(C(=O)O)C1. The van der Waals surface area contributed by atoms with Crippen molar-refractivity contribution in [2.45, 2.75) is 75.9 Å². The lowest BCUT2D eigenvalue weighted by atomic mass is 9.76. The molecule has 0 aromatic heterocycles. The Hall–Kier alpha value is -1.30. The Labute approximate surface area is 125 Å². The van der Waals surface area contributed by atoms with Crippen molar-refractivity contribution in [2.75, 3.05) is 0 Å². The molecule has 0 aromatic carbocycles. The van der Waals surface area contributed by atoms with E-state index in [1.807, 2.05) is 6.92 Å². The maximum absolute atomic E-state index is 12.2. The Morgan fingerprint density at radius 1 is 1.19 bits per heavy atom. The van der Waals surface area contributed by atoms with E-state index in [-0.39, 0.29) is 12.1 Å². The van der Waals surface area contributed by atoms with Gasteiger partial charge in [-0.15, -0.1) is 0 Å². The second kappa shape index (κ2) is 6.64. The third-order valence-corrected chi connectivity index (χ3v) is 4.90. The number of urea groups is 1. The van der Waals surface area contributed by atoms with Crippen LogP contribution in [0.3, 0.4) is 0 Å². The molecule has 2 fully saturated rings. The minimum Gasteiger partial charge on any atom is -0.480 e. The Morgan fingerprint density at radius 2 is 1.90 bits per heavy atom. The quantitative estimate of drug-likeness (QED) is 0.635. The van der Waals surface area contributed by atoms with Crippen molar-refractivity contribution in [3.8, 4) is 0 Å². The number of carboxylic acid groups (broad SMARTS) is 1. The minimum absolute atomic E-state index is 0.0319. The molecule has 4 unspecified atom stereocenters. The van der Waals surface area contributed by atoms with Gasteiger partial charge in [-0.2, -0.15) is 0 Å². The molecule has 6 nitrogen and oxygen atoms in total. The molecule has 2 aliphatic rings. The highest BCUT2D eigenvalue weighted by molar-refractivity contribution is 5.86. The second-order valence-corrected chi connectivity index (χ2v) is 6.74. The van der Waals surface area contributed by atoms with Gasteiger partial charge in [0, 0.05) is 12.1 Å². The number of hydrogen-bond donors (Lipinski definition) is 4. The van der Waals surface area contributed by atoms with Crippen molar-refractivity contribution in [1.29, 1.82) is 0 Å². The van der Waals surface area contributed by atoms with Crippen LogP contribution in [0.2, 0.25) is 0 Å². The number of hydrogen-bond acceptors (Lipinski definition) is 3. The third kappa shape index (κ3) is 3.87. The fraction of sp³-hybridized carbons (Fsp3) is 0.867. The summed E-state index contributed by atoms with van der Waals surface area (Å²) in [4.78, 5) is 23.8. The molecule has 4 atom stereocenters. The van der Waals surface area contributed by atoms with Crippen molar-refractivity contribution in [3.05, 3.63) is 0 Å². The van der Waals surface area contributed by atoms with Crippen LogP contribution in [0.25, 0.3) is 0 Å². The van der Waals surface area contributed by atoms with Crippen LogP contribution < -0.4 is 16.4 Å². The van der Waals surface area contributed by atoms with E-state index in [2.05, 4.69) is 10.6 Å². The van der Waals surface area contributed by atoms with Gasteiger partial charge in [-0.1, -0.05) is 32.6 Å². The lowest BCUT2D eigenvalue weighted by Gasteiger charge is -2.38. The van der Waals surface area contributed by atoms with E-state index in [1.165, 1.54) is 0 Å². The highest BCUT2D eigenvalue weighted by Gasteiger charge is 2.43. The zero-order chi connectivity index (χ0) is 15.5. The molecule has 120 valence electrons. The monoisotopic (exact) mass is 297 g/mol. The van der Waals surface area contributed by atoms with Crippen molar-refractivity contribution < 1.29 is 14.7 Å². The van der Waals surface area contributed by atoms with E-state index in [0.717, 1.165) is 38.5 Å². The van der Waals surface area contributed by atoms with Gasteiger partial charge < -0.3 is 21.5 Å². The Balaban J connectivity index is 1.96. The first-order valence-corrected chi connectivity index (χ1v) is 8.00. The molecule has 2 rings (SSSR count). The predicted molar refractivity (Wildman–Crippen MR) is 79.9 cm³/mol. The fourth-order valence-corrected chi connectivity index (χ4v) is 3.67. The van der Waals surface area contributed by atoms with Crippen molar-refractivity contribution in [1.82, 2.24) is 10.6 Å². The van der Waals surface area contributed by atoms with Gasteiger partial charge >= 0.3 is 12.0 Å². The Morgan fingerprint density at radius 3 is 2.52 bits per heavy atom. The Kier molecular flexibility index (Phi) is 5.08. The maximum atomic E-state index is 12.2. The first kappa shape index (κ1) is 16.1. The standard InChI is InChI=1S/C15H27N3O3/c1-10-5-4-8-15(9-10,13(19)20)18-14(21)17-12-7-3-2-6-11(12)16/h10-12H,2-9,16H2,1H3,(H,19,20)(H2,17,18,21). The van der Waals surface area contributed by atoms with Crippen LogP contribution in [0.15, 0.2) is 0 Å². The predicted octanol–water partition coefficient (Wildman–Crippen LogP) is 1.59. The second-order valence-electron chi connectivity index (χ2n) is 6.74. The summed E-state index contributed by atoms with van der Waals surface area (Å²) < 4.78 is 0. The summed E-state index contributed by atoms with van der Waals surface area (Å²) in [5.74, 6) is -0.621. The van der Waals surface area contributed by atoms with Crippen LogP contribution in [0.1, 0.15) is 58.3 Å². The van der Waals surface area contributed by atoms with E-state index in [4.69, 9.17) is 5.73 Å². The molecule has 2 aliphatic carbocycles. The molecule has 0 bridgehead atoms. The number of nitrogens with one attached hydrogen (secondary N) is 2. The molecule has 0 spiro atoms. The summed E-state index contributed by atoms with van der Waals surface area (Å²) in [5, 5.41) is 15.1. The first-order valence-electron chi connectivity index (χ1n) is 8.00. The normalized spacial score (nSPS) is 36.8. The van der Waals surface area contributed by atoms with Gasteiger partial charge in [-0.05, 0) is 31.6 Å². The summed E-state index contributed by atoms with van der Waals surface area (Å²) >= 11 is 0. The number of carbonyl (C=O) groups excluding carboxylic acids is 1. The number of rotatable bonds is 3. The number of carboxylic acids is 1. The molecule has 0 heterocycles. The summed E-state index contributed by atoms with van der Waals surface area (Å²) in [7, 11) is 0. The molecule has 0 aliphatic heterocycles. The smallest absolute Gasteiger partial charge is 0.329 e. The van der Waals surface area contributed by atoms with E-state index in [0.29, 0.717) is 18.8 Å². The summed E-state index contributed by atoms with van der Waals surface area (Å²) in [5.41, 5.74) is 4.89. The van der Waals surface area contributed by atoms with Crippen LogP contribution in [0.5, 0.6) is 0 Å². The van der Waals surface area contributed by atoms with E-state index in [1.54, 1.807) is 0 Å². The topological polar surface area (TPSA) is 104 Å². The van der Waals surface area contributed by atoms with Crippen LogP contribution in [-0.4, -0.2) is 34.7 Å². The first-order chi connectivity index (χ1) is 9.93. The molecule has 0 radical (unpaired) electrons. The summed E-state index contributed by atoms with van der Waals surface area (Å²) in [6, 6.07) is -0.477. The number of aliphatic carboxylic acids is 1. The molecule has 6 heteroatoms. The van der Waals surface area contributed by atoms with Gasteiger partial charge in [0.2, 0.25) is 0 Å². The van der Waals surface area contributed by atoms with Crippen molar-refractivity contribution in [2.24, 2.45) is 11.7 Å². The molecule has 2 amide bonds. The van der Waals surface area contributed by atoms with Crippen LogP contribution in [0, 0.1) is 5.92 Å². The molecule has 21 heavy (non-hydrogen) atoms. The molecule has 5 N–H and O–H groups in total. The highest BCUT2D eigenvalue weighted by atomic mass is 16.4. The molecule has 0 saturated heterocycles. The third-order valence-electron chi connectivity index (χ3n) is 4.90. The number of carbonyl (C=O) groups is 2. The molecule has 2 saturated carbocycles. The Bertz CT molecular complexity index is 402. The van der Waals surface area contributed by atoms with Gasteiger partial charge in [-0.25, -0.2) is 9.59 Å². The maximum Gasteiger partial charge on any atom is 0.329 e. The van der Waals surface area contributed by atoms with Gasteiger partial charge in [0.05, 0.1) is 0 Å². The highest BCUT2D eigenvalue weighted by Crippen LogP contribution is 2.32. The average Bonchev–Trinajstić information content (AvgIpc) is 2.41. The average molecular weight is 297 g/mol. The van der Waals surface area contributed by atoms with Crippen molar-refractivity contribution in [3.63, 3.8) is 0 Å². The molecular weight excluding hydrogens is 270 g/mol. The van der Waals surface area contributed by atoms with Crippen molar-refractivity contribution >= 4 is 12.0 Å². The lowest BCUT2D eigenvalue weighted by Crippen LogP contribution is -2.61. The van der Waals surface area contributed by atoms with E-state index in [9.17, 15) is 14.7 Å². The number of nitrogens with two attached hydrogens (primary N) is 1. The zero-order valence-corrected chi connectivity index (χ0v) is 12.7. The zero-order valence-electron chi connectivity index (χ0n) is 12.7. The van der Waals surface area contributed by atoms with Gasteiger partial charge in [0.25, 0.3) is 0 Å². The number of amides is 2. The largest absolute Gasteiger partial charge is 0.480 e.